The number of aryl methyl sites for hydroxylation is 2. The van der Waals surface area contributed by atoms with Gasteiger partial charge in [-0.25, -0.2) is 4.98 Å². The van der Waals surface area contributed by atoms with Gasteiger partial charge in [0.1, 0.15) is 5.82 Å². The van der Waals surface area contributed by atoms with E-state index in [4.69, 9.17) is 23.2 Å². The molecule has 0 radical (unpaired) electrons. The standard InChI is InChI=1S/C15H14Cl2N2O/c1-9-18-14-4-2-3-12(14)15(20)19(9)8-10-5-6-11(16)7-13(10)17/h5-7H,2-4,8H2,1H3. The summed E-state index contributed by atoms with van der Waals surface area (Å²) in [7, 11) is 0. The van der Waals surface area contributed by atoms with Crippen molar-refractivity contribution in [3.05, 3.63) is 61.2 Å². The van der Waals surface area contributed by atoms with Crippen LogP contribution in [0.3, 0.4) is 0 Å². The van der Waals surface area contributed by atoms with Gasteiger partial charge in [-0.3, -0.25) is 9.36 Å². The van der Waals surface area contributed by atoms with E-state index < -0.39 is 0 Å². The van der Waals surface area contributed by atoms with Gasteiger partial charge in [0.25, 0.3) is 5.56 Å². The number of nitrogens with zero attached hydrogens (tertiary/aromatic N) is 2. The molecule has 1 aliphatic rings. The Kier molecular flexibility index (Phi) is 3.57. The average molecular weight is 309 g/mol. The normalized spacial score (nSPS) is 13.6. The highest BCUT2D eigenvalue weighted by Crippen LogP contribution is 2.22. The van der Waals surface area contributed by atoms with Crippen molar-refractivity contribution in [1.82, 2.24) is 9.55 Å². The zero-order chi connectivity index (χ0) is 14.3. The minimum atomic E-state index is 0.0658. The van der Waals surface area contributed by atoms with Crippen molar-refractivity contribution in [1.29, 1.82) is 0 Å². The molecule has 0 saturated heterocycles. The second-order valence-corrected chi connectivity index (χ2v) is 5.91. The Balaban J connectivity index is 2.05. The Morgan fingerprint density at radius 3 is 2.85 bits per heavy atom. The summed E-state index contributed by atoms with van der Waals surface area (Å²) < 4.78 is 1.69. The Morgan fingerprint density at radius 2 is 2.10 bits per heavy atom. The van der Waals surface area contributed by atoms with Crippen LogP contribution in [0.2, 0.25) is 10.0 Å². The lowest BCUT2D eigenvalue weighted by Gasteiger charge is -2.12. The lowest BCUT2D eigenvalue weighted by Crippen LogP contribution is -2.28. The van der Waals surface area contributed by atoms with E-state index in [-0.39, 0.29) is 5.56 Å². The van der Waals surface area contributed by atoms with E-state index >= 15 is 0 Å². The smallest absolute Gasteiger partial charge is 0.257 e. The molecule has 0 unspecified atom stereocenters. The zero-order valence-electron chi connectivity index (χ0n) is 11.1. The third-order valence-electron chi connectivity index (χ3n) is 3.72. The van der Waals surface area contributed by atoms with Crippen LogP contribution in [0.15, 0.2) is 23.0 Å². The van der Waals surface area contributed by atoms with E-state index in [9.17, 15) is 4.79 Å². The maximum absolute atomic E-state index is 12.5. The molecule has 1 aliphatic carbocycles. The lowest BCUT2D eigenvalue weighted by atomic mass is 10.2. The quantitative estimate of drug-likeness (QED) is 0.852. The molecule has 20 heavy (non-hydrogen) atoms. The largest absolute Gasteiger partial charge is 0.292 e. The van der Waals surface area contributed by atoms with E-state index in [1.165, 1.54) is 0 Å². The minimum Gasteiger partial charge on any atom is -0.292 e. The van der Waals surface area contributed by atoms with E-state index in [0.29, 0.717) is 16.6 Å². The van der Waals surface area contributed by atoms with Gasteiger partial charge in [0.2, 0.25) is 0 Å². The zero-order valence-corrected chi connectivity index (χ0v) is 12.6. The van der Waals surface area contributed by atoms with Gasteiger partial charge in [0.15, 0.2) is 0 Å². The third-order valence-corrected chi connectivity index (χ3v) is 4.31. The first-order valence-corrected chi connectivity index (χ1v) is 7.35. The van der Waals surface area contributed by atoms with Crippen molar-refractivity contribution >= 4 is 23.2 Å². The fourth-order valence-electron chi connectivity index (χ4n) is 2.65. The highest BCUT2D eigenvalue weighted by atomic mass is 35.5. The van der Waals surface area contributed by atoms with Crippen LogP contribution < -0.4 is 5.56 Å². The molecule has 1 aromatic heterocycles. The van der Waals surface area contributed by atoms with Crippen LogP contribution in [0, 0.1) is 6.92 Å². The maximum Gasteiger partial charge on any atom is 0.257 e. The van der Waals surface area contributed by atoms with Gasteiger partial charge < -0.3 is 0 Å². The van der Waals surface area contributed by atoms with Crippen LogP contribution in [0.4, 0.5) is 0 Å². The van der Waals surface area contributed by atoms with Crippen LogP contribution in [0.1, 0.15) is 29.1 Å². The monoisotopic (exact) mass is 308 g/mol. The molecule has 1 heterocycles. The number of rotatable bonds is 2. The van der Waals surface area contributed by atoms with Crippen molar-refractivity contribution < 1.29 is 0 Å². The van der Waals surface area contributed by atoms with Gasteiger partial charge in [-0.2, -0.15) is 0 Å². The van der Waals surface area contributed by atoms with Crippen molar-refractivity contribution in [2.24, 2.45) is 0 Å². The predicted octanol–water partition coefficient (Wildman–Crippen LogP) is 3.40. The molecule has 3 rings (SSSR count). The Hall–Kier alpha value is -1.32. The van der Waals surface area contributed by atoms with Crippen molar-refractivity contribution in [2.75, 3.05) is 0 Å². The average Bonchev–Trinajstić information content (AvgIpc) is 2.85. The molecule has 0 N–H and O–H groups in total. The Bertz CT molecular complexity index is 737. The minimum absolute atomic E-state index is 0.0658. The van der Waals surface area contributed by atoms with Gasteiger partial charge in [-0.15, -0.1) is 0 Å². The molecule has 1 aromatic carbocycles. The van der Waals surface area contributed by atoms with Crippen LogP contribution in [0.25, 0.3) is 0 Å². The Morgan fingerprint density at radius 1 is 1.30 bits per heavy atom. The third kappa shape index (κ3) is 2.36. The van der Waals surface area contributed by atoms with Gasteiger partial charge in [-0.05, 0) is 43.9 Å². The highest BCUT2D eigenvalue weighted by Gasteiger charge is 2.19. The molecule has 0 spiro atoms. The summed E-state index contributed by atoms with van der Waals surface area (Å²) in [5.74, 6) is 0.738. The van der Waals surface area contributed by atoms with E-state index in [1.54, 1.807) is 16.7 Å². The van der Waals surface area contributed by atoms with Gasteiger partial charge >= 0.3 is 0 Å². The summed E-state index contributed by atoms with van der Waals surface area (Å²) in [5.41, 5.74) is 2.77. The summed E-state index contributed by atoms with van der Waals surface area (Å²) in [6, 6.07) is 5.33. The maximum atomic E-state index is 12.5. The number of aromatic nitrogens is 2. The molecular formula is C15H14Cl2N2O. The molecule has 0 bridgehead atoms. The lowest BCUT2D eigenvalue weighted by molar-refractivity contribution is 0.687. The number of fused-ring (bicyclic) bond motifs is 1. The first kappa shape index (κ1) is 13.7. The van der Waals surface area contributed by atoms with Crippen LogP contribution >= 0.6 is 23.2 Å². The summed E-state index contributed by atoms with van der Waals surface area (Å²) in [5, 5.41) is 1.17. The molecule has 0 aliphatic heterocycles. The number of halogens is 2. The predicted molar refractivity (Wildman–Crippen MR) is 80.8 cm³/mol. The first-order valence-electron chi connectivity index (χ1n) is 6.59. The fraction of sp³-hybridized carbons (Fsp3) is 0.333. The van der Waals surface area contributed by atoms with E-state index in [2.05, 4.69) is 4.98 Å². The molecule has 3 nitrogen and oxygen atoms in total. The summed E-state index contributed by atoms with van der Waals surface area (Å²) in [6.45, 7) is 2.30. The van der Waals surface area contributed by atoms with Gasteiger partial charge in [0, 0.05) is 15.6 Å². The molecule has 0 fully saturated rings. The van der Waals surface area contributed by atoms with Crippen LogP contribution in [-0.4, -0.2) is 9.55 Å². The van der Waals surface area contributed by atoms with Crippen LogP contribution in [0.5, 0.6) is 0 Å². The molecule has 0 saturated carbocycles. The molecule has 2 aromatic rings. The molecule has 104 valence electrons. The summed E-state index contributed by atoms with van der Waals surface area (Å²) in [6.07, 6.45) is 2.76. The molecule has 5 heteroatoms. The van der Waals surface area contributed by atoms with Crippen molar-refractivity contribution in [2.45, 2.75) is 32.7 Å². The summed E-state index contributed by atoms with van der Waals surface area (Å²) in [4.78, 5) is 17.1. The Labute approximate surface area is 127 Å². The van der Waals surface area contributed by atoms with Gasteiger partial charge in [0.05, 0.1) is 12.2 Å². The van der Waals surface area contributed by atoms with Crippen molar-refractivity contribution in [3.63, 3.8) is 0 Å². The molecular weight excluding hydrogens is 295 g/mol. The first-order chi connectivity index (χ1) is 9.56. The van der Waals surface area contributed by atoms with Crippen LogP contribution in [-0.2, 0) is 19.4 Å². The van der Waals surface area contributed by atoms with Crippen molar-refractivity contribution in [3.8, 4) is 0 Å². The number of hydrogen-bond donors (Lipinski definition) is 0. The molecule has 0 atom stereocenters. The number of hydrogen-bond acceptors (Lipinski definition) is 2. The number of benzene rings is 1. The van der Waals surface area contributed by atoms with E-state index in [0.717, 1.165) is 41.9 Å². The SMILES string of the molecule is Cc1nc2c(c(=O)n1Cc1ccc(Cl)cc1Cl)CCC2. The highest BCUT2D eigenvalue weighted by molar-refractivity contribution is 6.35. The topological polar surface area (TPSA) is 34.9 Å². The summed E-state index contributed by atoms with van der Waals surface area (Å²) >= 11 is 12.1. The second-order valence-electron chi connectivity index (χ2n) is 5.06. The van der Waals surface area contributed by atoms with E-state index in [1.807, 2.05) is 13.0 Å². The van der Waals surface area contributed by atoms with Gasteiger partial charge in [-0.1, -0.05) is 29.3 Å². The fourth-order valence-corrected chi connectivity index (χ4v) is 3.12. The second kappa shape index (κ2) is 5.23. The molecule has 0 amide bonds.